The lowest BCUT2D eigenvalue weighted by atomic mass is 10.2. The van der Waals surface area contributed by atoms with E-state index in [2.05, 4.69) is 31.2 Å². The zero-order chi connectivity index (χ0) is 13.6. The first-order valence-corrected chi connectivity index (χ1v) is 6.97. The molecule has 4 nitrogen and oxygen atoms in total. The summed E-state index contributed by atoms with van der Waals surface area (Å²) in [6, 6.07) is 3.97. The van der Waals surface area contributed by atoms with Gasteiger partial charge in [-0.05, 0) is 31.5 Å². The molecule has 0 saturated carbocycles. The van der Waals surface area contributed by atoms with E-state index in [0.717, 1.165) is 27.0 Å². The minimum atomic E-state index is -0.211. The van der Waals surface area contributed by atoms with Gasteiger partial charge in [-0.2, -0.15) is 0 Å². The minimum absolute atomic E-state index is 0.211. The van der Waals surface area contributed by atoms with E-state index in [9.17, 15) is 0 Å². The van der Waals surface area contributed by atoms with Crippen LogP contribution in [0.15, 0.2) is 22.9 Å². The number of rotatable bonds is 0. The second-order valence-electron chi connectivity index (χ2n) is 4.41. The zero-order valence-electron chi connectivity index (χ0n) is 10.4. The van der Waals surface area contributed by atoms with Gasteiger partial charge >= 0.3 is 0 Å². The Balaban J connectivity index is 2.21. The maximum Gasteiger partial charge on any atom is 0.146 e. The first kappa shape index (κ1) is 12.7. The molecular weight excluding hydrogens is 330 g/mol. The summed E-state index contributed by atoms with van der Waals surface area (Å²) in [5.74, 6) is 1.49. The number of aromatic nitrogens is 2. The molecular formula is C13H11BrClN3O. The molecule has 0 bridgehead atoms. The van der Waals surface area contributed by atoms with E-state index in [1.807, 2.05) is 26.0 Å². The topological polar surface area (TPSA) is 47.0 Å². The maximum atomic E-state index is 6.14. The van der Waals surface area contributed by atoms with Gasteiger partial charge in [0.05, 0.1) is 11.3 Å². The van der Waals surface area contributed by atoms with Crippen LogP contribution < -0.4 is 10.1 Å². The van der Waals surface area contributed by atoms with Crippen molar-refractivity contribution in [2.75, 3.05) is 5.32 Å². The molecule has 1 aliphatic heterocycles. The van der Waals surface area contributed by atoms with Crippen molar-refractivity contribution in [2.45, 2.75) is 20.0 Å². The van der Waals surface area contributed by atoms with Crippen molar-refractivity contribution < 1.29 is 4.74 Å². The summed E-state index contributed by atoms with van der Waals surface area (Å²) < 4.78 is 6.98. The molecule has 0 saturated heterocycles. The molecule has 1 aromatic heterocycles. The van der Waals surface area contributed by atoms with Gasteiger partial charge in [0.15, 0.2) is 0 Å². The van der Waals surface area contributed by atoms with Gasteiger partial charge in [-0.3, -0.25) is 0 Å². The molecule has 1 unspecified atom stereocenters. The summed E-state index contributed by atoms with van der Waals surface area (Å²) in [6.07, 6.45) is 1.23. The molecule has 0 spiro atoms. The average Bonchev–Trinajstić information content (AvgIpc) is 2.47. The van der Waals surface area contributed by atoms with Crippen LogP contribution in [0.4, 0.5) is 11.5 Å². The average molecular weight is 341 g/mol. The molecule has 0 amide bonds. The van der Waals surface area contributed by atoms with Gasteiger partial charge < -0.3 is 10.1 Å². The fourth-order valence-electron chi connectivity index (χ4n) is 2.18. The lowest BCUT2D eigenvalue weighted by Crippen LogP contribution is -2.05. The van der Waals surface area contributed by atoms with E-state index < -0.39 is 0 Å². The zero-order valence-corrected chi connectivity index (χ0v) is 12.7. The van der Waals surface area contributed by atoms with E-state index in [1.165, 1.54) is 6.33 Å². The predicted molar refractivity (Wildman–Crippen MR) is 78.2 cm³/mol. The molecule has 1 atom stereocenters. The van der Waals surface area contributed by atoms with Gasteiger partial charge in [0.2, 0.25) is 0 Å². The molecule has 0 fully saturated rings. The van der Waals surface area contributed by atoms with E-state index in [4.69, 9.17) is 16.3 Å². The van der Waals surface area contributed by atoms with Crippen molar-refractivity contribution in [3.8, 4) is 5.75 Å². The van der Waals surface area contributed by atoms with Crippen LogP contribution in [0.5, 0.6) is 5.75 Å². The number of nitrogens with one attached hydrogen (secondary N) is 1. The van der Waals surface area contributed by atoms with Gasteiger partial charge in [-0.25, -0.2) is 9.97 Å². The number of fused-ring (bicyclic) bond motifs is 2. The van der Waals surface area contributed by atoms with Crippen LogP contribution in [0.1, 0.15) is 24.2 Å². The summed E-state index contributed by atoms with van der Waals surface area (Å²) in [5.41, 5.74) is 2.68. The number of hydrogen-bond donors (Lipinski definition) is 1. The van der Waals surface area contributed by atoms with Gasteiger partial charge in [-0.1, -0.05) is 27.5 Å². The second kappa shape index (κ2) is 4.65. The van der Waals surface area contributed by atoms with Crippen molar-refractivity contribution >= 4 is 39.0 Å². The van der Waals surface area contributed by atoms with Crippen LogP contribution in [-0.2, 0) is 0 Å². The van der Waals surface area contributed by atoms with Crippen molar-refractivity contribution in [1.82, 2.24) is 9.97 Å². The number of anilines is 2. The van der Waals surface area contributed by atoms with E-state index in [-0.39, 0.29) is 6.10 Å². The fraction of sp³-hybridized carbons (Fsp3) is 0.231. The number of halogens is 2. The van der Waals surface area contributed by atoms with Gasteiger partial charge in [0.25, 0.3) is 0 Å². The molecule has 2 heterocycles. The Morgan fingerprint density at radius 3 is 2.95 bits per heavy atom. The molecule has 1 N–H and O–H groups in total. The van der Waals surface area contributed by atoms with Crippen LogP contribution in [0, 0.1) is 6.92 Å². The van der Waals surface area contributed by atoms with Crippen molar-refractivity contribution in [3.63, 3.8) is 0 Å². The highest BCUT2D eigenvalue weighted by molar-refractivity contribution is 9.10. The third-order valence-corrected chi connectivity index (χ3v) is 3.79. The first-order chi connectivity index (χ1) is 9.06. The van der Waals surface area contributed by atoms with Crippen molar-refractivity contribution in [1.29, 1.82) is 0 Å². The molecule has 3 rings (SSSR count). The quantitative estimate of drug-likeness (QED) is 0.722. The smallest absolute Gasteiger partial charge is 0.146 e. The van der Waals surface area contributed by atoms with Crippen LogP contribution in [0.25, 0.3) is 0 Å². The Hall–Kier alpha value is -1.33. The minimum Gasteiger partial charge on any atom is -0.483 e. The first-order valence-electron chi connectivity index (χ1n) is 5.80. The Labute approximate surface area is 124 Å². The summed E-state index contributed by atoms with van der Waals surface area (Å²) in [7, 11) is 0. The Morgan fingerprint density at radius 1 is 1.37 bits per heavy atom. The van der Waals surface area contributed by atoms with Gasteiger partial charge in [-0.15, -0.1) is 0 Å². The third kappa shape index (κ3) is 2.17. The number of aryl methyl sites for hydroxylation is 1. The van der Waals surface area contributed by atoms with Crippen LogP contribution in [0.2, 0.25) is 5.15 Å². The molecule has 0 aliphatic carbocycles. The van der Waals surface area contributed by atoms with Crippen LogP contribution in [0.3, 0.4) is 0 Å². The van der Waals surface area contributed by atoms with Gasteiger partial charge in [0.1, 0.15) is 29.2 Å². The second-order valence-corrected chi connectivity index (χ2v) is 5.68. The monoisotopic (exact) mass is 339 g/mol. The molecule has 19 heavy (non-hydrogen) atoms. The van der Waals surface area contributed by atoms with E-state index >= 15 is 0 Å². The fourth-order valence-corrected chi connectivity index (χ4v) is 3.04. The summed E-state index contributed by atoms with van der Waals surface area (Å²) in [4.78, 5) is 8.26. The van der Waals surface area contributed by atoms with E-state index in [0.29, 0.717) is 11.0 Å². The summed E-state index contributed by atoms with van der Waals surface area (Å²) in [6.45, 7) is 3.94. The molecule has 0 radical (unpaired) electrons. The normalized spacial score (nSPS) is 16.7. The number of hydrogen-bond acceptors (Lipinski definition) is 4. The summed E-state index contributed by atoms with van der Waals surface area (Å²) >= 11 is 9.63. The van der Waals surface area contributed by atoms with Crippen molar-refractivity contribution in [2.24, 2.45) is 0 Å². The molecule has 98 valence electrons. The Bertz CT molecular complexity index is 663. The number of ether oxygens (including phenoxy) is 1. The lowest BCUT2D eigenvalue weighted by molar-refractivity contribution is 0.229. The predicted octanol–water partition coefficient (Wildman–Crippen LogP) is 4.40. The van der Waals surface area contributed by atoms with E-state index in [1.54, 1.807) is 0 Å². The molecule has 6 heteroatoms. The number of nitrogens with zero attached hydrogens (tertiary/aromatic N) is 2. The van der Waals surface area contributed by atoms with Gasteiger partial charge in [0, 0.05) is 4.47 Å². The molecule has 1 aromatic carbocycles. The lowest BCUT2D eigenvalue weighted by Gasteiger charge is -2.15. The molecule has 1 aliphatic rings. The van der Waals surface area contributed by atoms with Crippen LogP contribution in [-0.4, -0.2) is 9.97 Å². The highest BCUT2D eigenvalue weighted by Crippen LogP contribution is 2.42. The SMILES string of the molecule is Cc1cc(Br)cc2c1OC(C)c1c(Cl)ncnc1N2. The highest BCUT2D eigenvalue weighted by atomic mass is 79.9. The number of benzene rings is 1. The Morgan fingerprint density at radius 2 is 2.16 bits per heavy atom. The van der Waals surface area contributed by atoms with Crippen molar-refractivity contribution in [3.05, 3.63) is 39.2 Å². The Kier molecular flexibility index (Phi) is 3.11. The standard InChI is InChI=1S/C13H11BrClN3O/c1-6-3-8(14)4-9-11(6)19-7(2)10-12(15)16-5-17-13(10)18-9/h3-5,7H,1-2H3,(H,16,17,18). The maximum absolute atomic E-state index is 6.14. The molecule has 2 aromatic rings. The highest BCUT2D eigenvalue weighted by Gasteiger charge is 2.25. The largest absolute Gasteiger partial charge is 0.483 e. The third-order valence-electron chi connectivity index (χ3n) is 3.03. The summed E-state index contributed by atoms with van der Waals surface area (Å²) in [5, 5.41) is 3.68. The van der Waals surface area contributed by atoms with Crippen LogP contribution >= 0.6 is 27.5 Å².